The highest BCUT2D eigenvalue weighted by Gasteiger charge is 2.46. The topological polar surface area (TPSA) is 85.3 Å². The van der Waals surface area contributed by atoms with Gasteiger partial charge in [0, 0.05) is 13.0 Å². The molecule has 10 heteroatoms. The molecule has 0 heterocycles. The number of ether oxygens (including phenoxy) is 3. The van der Waals surface area contributed by atoms with E-state index in [1.54, 1.807) is 0 Å². The highest BCUT2D eigenvalue weighted by atomic mass is 19.4. The van der Waals surface area contributed by atoms with Crippen molar-refractivity contribution in [3.05, 3.63) is 53.6 Å². The Morgan fingerprint density at radius 2 is 1.55 bits per heavy atom. The number of carbonyl (C=O) groups excluding carboxylic acids is 2. The molecule has 0 spiro atoms. The second kappa shape index (κ2) is 10.1. The van der Waals surface area contributed by atoms with Crippen molar-refractivity contribution in [2.24, 2.45) is 0 Å². The third kappa shape index (κ3) is 6.03. The van der Waals surface area contributed by atoms with Crippen LogP contribution < -0.4 is 9.47 Å². The van der Waals surface area contributed by atoms with Gasteiger partial charge in [0.1, 0.15) is 11.8 Å². The van der Waals surface area contributed by atoms with Crippen LogP contribution in [-0.4, -0.2) is 55.4 Å². The van der Waals surface area contributed by atoms with Crippen LogP contribution in [0, 0.1) is 0 Å². The molecular formula is C21H22F3NO6. The van der Waals surface area contributed by atoms with Gasteiger partial charge in [0.2, 0.25) is 0 Å². The van der Waals surface area contributed by atoms with E-state index in [9.17, 15) is 27.9 Å². The molecule has 0 aliphatic rings. The molecule has 0 aliphatic carbocycles. The van der Waals surface area contributed by atoms with E-state index in [4.69, 9.17) is 9.47 Å². The third-order valence-electron chi connectivity index (χ3n) is 4.52. The van der Waals surface area contributed by atoms with Gasteiger partial charge in [-0.15, -0.1) is 0 Å². The van der Waals surface area contributed by atoms with Gasteiger partial charge in [-0.25, -0.2) is 4.79 Å². The summed E-state index contributed by atoms with van der Waals surface area (Å²) < 4.78 is 55.0. The number of carbonyl (C=O) groups is 2. The Morgan fingerprint density at radius 1 is 0.968 bits per heavy atom. The minimum Gasteiger partial charge on any atom is -0.508 e. The molecule has 0 unspecified atom stereocenters. The molecule has 0 saturated carbocycles. The largest absolute Gasteiger partial charge is 0.508 e. The van der Waals surface area contributed by atoms with Crippen LogP contribution in [0.15, 0.2) is 42.5 Å². The van der Waals surface area contributed by atoms with Crippen molar-refractivity contribution in [2.75, 3.05) is 21.3 Å². The molecule has 2 aromatic rings. The summed E-state index contributed by atoms with van der Waals surface area (Å²) in [5.74, 6) is -2.63. The Labute approximate surface area is 176 Å². The molecule has 0 aliphatic heterocycles. The summed E-state index contributed by atoms with van der Waals surface area (Å²) in [5, 5.41) is 9.41. The molecule has 0 saturated heterocycles. The summed E-state index contributed by atoms with van der Waals surface area (Å²) in [7, 11) is 3.79. The van der Waals surface area contributed by atoms with Gasteiger partial charge in [0.25, 0.3) is 0 Å². The van der Waals surface area contributed by atoms with Gasteiger partial charge in [-0.3, -0.25) is 4.79 Å². The Morgan fingerprint density at radius 3 is 2.06 bits per heavy atom. The van der Waals surface area contributed by atoms with Crippen molar-refractivity contribution < 1.29 is 42.1 Å². The first-order valence-corrected chi connectivity index (χ1v) is 9.05. The second-order valence-corrected chi connectivity index (χ2v) is 6.53. The van der Waals surface area contributed by atoms with Crippen LogP contribution in [0.5, 0.6) is 17.2 Å². The number of phenolic OH excluding ortho intramolecular Hbond substituents is 1. The number of halogens is 3. The highest BCUT2D eigenvalue weighted by molar-refractivity contribution is 5.88. The van der Waals surface area contributed by atoms with Crippen LogP contribution >= 0.6 is 0 Å². The first kappa shape index (κ1) is 23.8. The van der Waals surface area contributed by atoms with Crippen molar-refractivity contribution in [1.29, 1.82) is 0 Å². The second-order valence-electron chi connectivity index (χ2n) is 6.53. The van der Waals surface area contributed by atoms with E-state index in [2.05, 4.69) is 4.74 Å². The quantitative estimate of drug-likeness (QED) is 0.634. The molecule has 0 radical (unpaired) electrons. The number of methoxy groups -OCH3 is 3. The number of nitrogens with zero attached hydrogens (tertiary/aromatic N) is 1. The molecule has 2 rings (SSSR count). The monoisotopic (exact) mass is 441 g/mol. The van der Waals surface area contributed by atoms with E-state index < -0.39 is 30.6 Å². The number of rotatable bonds is 8. The molecule has 1 amide bonds. The molecule has 1 N–H and O–H groups in total. The van der Waals surface area contributed by atoms with Crippen molar-refractivity contribution in [3.8, 4) is 17.2 Å². The van der Waals surface area contributed by atoms with Crippen molar-refractivity contribution in [2.45, 2.75) is 25.2 Å². The molecule has 7 nitrogen and oxygen atoms in total. The van der Waals surface area contributed by atoms with Crippen LogP contribution in [0.25, 0.3) is 0 Å². The lowest BCUT2D eigenvalue weighted by molar-refractivity contribution is -0.191. The predicted octanol–water partition coefficient (Wildman–Crippen LogP) is 3.08. The lowest BCUT2D eigenvalue weighted by Gasteiger charge is -2.31. The fourth-order valence-corrected chi connectivity index (χ4v) is 2.97. The maximum absolute atomic E-state index is 13.4. The summed E-state index contributed by atoms with van der Waals surface area (Å²) in [6, 6.07) is 8.35. The number of hydrogen-bond acceptors (Lipinski definition) is 6. The SMILES string of the molecule is COC(=O)[C@@H](Cc1ccc(O)cc1)N(Cc1ccc(OC)c(OC)c1)C(=O)C(F)(F)F. The van der Waals surface area contributed by atoms with Gasteiger partial charge in [0.15, 0.2) is 11.5 Å². The average Bonchev–Trinajstić information content (AvgIpc) is 2.75. The van der Waals surface area contributed by atoms with Crippen molar-refractivity contribution in [1.82, 2.24) is 4.90 Å². The van der Waals surface area contributed by atoms with E-state index in [0.29, 0.717) is 16.2 Å². The van der Waals surface area contributed by atoms with Crippen LogP contribution in [0.4, 0.5) is 13.2 Å². The Balaban J connectivity index is 2.47. The summed E-state index contributed by atoms with van der Waals surface area (Å²) in [6.45, 7) is -0.531. The van der Waals surface area contributed by atoms with Crippen LogP contribution in [0.2, 0.25) is 0 Å². The van der Waals surface area contributed by atoms with Crippen molar-refractivity contribution in [3.63, 3.8) is 0 Å². The van der Waals surface area contributed by atoms with Gasteiger partial charge in [-0.2, -0.15) is 13.2 Å². The number of esters is 1. The zero-order valence-electron chi connectivity index (χ0n) is 17.1. The summed E-state index contributed by atoms with van der Waals surface area (Å²) in [6.07, 6.45) is -5.46. The first-order valence-electron chi connectivity index (χ1n) is 9.05. The van der Waals surface area contributed by atoms with E-state index in [1.807, 2.05) is 0 Å². The zero-order valence-corrected chi connectivity index (χ0v) is 17.1. The Bertz CT molecular complexity index is 914. The molecule has 2 aromatic carbocycles. The van der Waals surface area contributed by atoms with Gasteiger partial charge >= 0.3 is 18.1 Å². The first-order chi connectivity index (χ1) is 14.6. The summed E-state index contributed by atoms with van der Waals surface area (Å²) in [4.78, 5) is 25.1. The van der Waals surface area contributed by atoms with Crippen LogP contribution in [-0.2, 0) is 27.3 Å². The molecule has 168 valence electrons. The number of aromatic hydroxyl groups is 1. The number of alkyl halides is 3. The van der Waals surface area contributed by atoms with E-state index in [1.165, 1.54) is 56.7 Å². The Kier molecular flexibility index (Phi) is 7.73. The standard InChI is InChI=1S/C21H22F3NO6/c1-29-17-9-6-14(11-18(17)30-2)12-25(20(28)21(22,23)24)16(19(27)31-3)10-13-4-7-15(26)8-5-13/h4-9,11,16,26H,10,12H2,1-3H3/t16-/m1/s1. The fraction of sp³-hybridized carbons (Fsp3) is 0.333. The highest BCUT2D eigenvalue weighted by Crippen LogP contribution is 2.30. The van der Waals surface area contributed by atoms with Gasteiger partial charge in [-0.05, 0) is 35.4 Å². The van der Waals surface area contributed by atoms with E-state index in [0.717, 1.165) is 7.11 Å². The average molecular weight is 441 g/mol. The molecule has 0 fully saturated rings. The van der Waals surface area contributed by atoms with E-state index in [-0.39, 0.29) is 23.5 Å². The molecule has 1 atom stereocenters. The zero-order chi connectivity index (χ0) is 23.2. The summed E-state index contributed by atoms with van der Waals surface area (Å²) >= 11 is 0. The predicted molar refractivity (Wildman–Crippen MR) is 104 cm³/mol. The van der Waals surface area contributed by atoms with Crippen LogP contribution in [0.3, 0.4) is 0 Å². The van der Waals surface area contributed by atoms with Gasteiger partial charge < -0.3 is 24.2 Å². The number of benzene rings is 2. The van der Waals surface area contributed by atoms with Gasteiger partial charge in [-0.1, -0.05) is 18.2 Å². The van der Waals surface area contributed by atoms with Crippen LogP contribution in [0.1, 0.15) is 11.1 Å². The molecule has 31 heavy (non-hydrogen) atoms. The number of hydrogen-bond donors (Lipinski definition) is 1. The maximum atomic E-state index is 13.4. The minimum atomic E-state index is -5.21. The molecule has 0 aromatic heterocycles. The lowest BCUT2D eigenvalue weighted by Crippen LogP contribution is -2.51. The normalized spacial score (nSPS) is 12.1. The lowest BCUT2D eigenvalue weighted by atomic mass is 10.0. The van der Waals surface area contributed by atoms with Gasteiger partial charge in [0.05, 0.1) is 21.3 Å². The van der Waals surface area contributed by atoms with Crippen molar-refractivity contribution >= 4 is 11.9 Å². The van der Waals surface area contributed by atoms with E-state index >= 15 is 0 Å². The number of amides is 1. The minimum absolute atomic E-state index is 0.0491. The number of phenols is 1. The summed E-state index contributed by atoms with van der Waals surface area (Å²) in [5.41, 5.74) is 0.718. The maximum Gasteiger partial charge on any atom is 0.471 e. The smallest absolute Gasteiger partial charge is 0.471 e. The molecule has 0 bridgehead atoms. The third-order valence-corrected chi connectivity index (χ3v) is 4.52. The Hall–Kier alpha value is -3.43. The fourth-order valence-electron chi connectivity index (χ4n) is 2.97. The molecular weight excluding hydrogens is 419 g/mol.